The van der Waals surface area contributed by atoms with E-state index in [1.165, 1.54) is 5.56 Å². The van der Waals surface area contributed by atoms with Gasteiger partial charge < -0.3 is 5.32 Å². The van der Waals surface area contributed by atoms with Crippen LogP contribution in [0.2, 0.25) is 0 Å². The lowest BCUT2D eigenvalue weighted by molar-refractivity contribution is 0.103. The van der Waals surface area contributed by atoms with Crippen LogP contribution in [0.5, 0.6) is 0 Å². The Labute approximate surface area is 120 Å². The molecule has 2 nitrogen and oxygen atoms in total. The number of carbonyl (C=O) groups is 1. The Morgan fingerprint density at radius 1 is 1.00 bits per heavy atom. The fraction of sp³-hybridized carbons (Fsp3) is 0.278. The van der Waals surface area contributed by atoms with Gasteiger partial charge in [-0.3, -0.25) is 4.79 Å². The van der Waals surface area contributed by atoms with Crippen LogP contribution in [0.25, 0.3) is 0 Å². The first-order chi connectivity index (χ1) is 9.52. The zero-order valence-electron chi connectivity index (χ0n) is 12.6. The molecule has 0 spiro atoms. The maximum absolute atomic E-state index is 12.7. The lowest BCUT2D eigenvalue weighted by Crippen LogP contribution is -2.08. The maximum atomic E-state index is 12.7. The molecule has 0 heterocycles. The van der Waals surface area contributed by atoms with Gasteiger partial charge in [0.25, 0.3) is 0 Å². The molecule has 0 atom stereocenters. The summed E-state index contributed by atoms with van der Waals surface area (Å²) in [7, 11) is 1.90. The summed E-state index contributed by atoms with van der Waals surface area (Å²) in [6.45, 7) is 6.89. The van der Waals surface area contributed by atoms with Gasteiger partial charge in [-0.05, 0) is 62.2 Å². The van der Waals surface area contributed by atoms with Crippen LogP contribution in [-0.2, 0) is 6.54 Å². The van der Waals surface area contributed by atoms with Crippen LogP contribution in [-0.4, -0.2) is 12.8 Å². The molecule has 0 aromatic heterocycles. The third-order valence-corrected chi connectivity index (χ3v) is 3.66. The van der Waals surface area contributed by atoms with Crippen LogP contribution >= 0.6 is 0 Å². The first-order valence-electron chi connectivity index (χ1n) is 6.89. The lowest BCUT2D eigenvalue weighted by Gasteiger charge is -2.10. The van der Waals surface area contributed by atoms with Gasteiger partial charge >= 0.3 is 0 Å². The molecule has 0 fully saturated rings. The SMILES string of the molecule is CNCc1cccc(C(=O)c2cc(C)c(C)cc2C)c1. The van der Waals surface area contributed by atoms with Crippen LogP contribution in [0.15, 0.2) is 36.4 Å². The molecule has 20 heavy (non-hydrogen) atoms. The molecule has 2 aromatic rings. The monoisotopic (exact) mass is 267 g/mol. The Hall–Kier alpha value is -1.93. The highest BCUT2D eigenvalue weighted by atomic mass is 16.1. The molecular weight excluding hydrogens is 246 g/mol. The van der Waals surface area contributed by atoms with Gasteiger partial charge in [-0.15, -0.1) is 0 Å². The molecule has 0 amide bonds. The van der Waals surface area contributed by atoms with Crippen LogP contribution < -0.4 is 5.32 Å². The molecule has 0 aliphatic carbocycles. The molecule has 104 valence electrons. The van der Waals surface area contributed by atoms with Crippen molar-refractivity contribution >= 4 is 5.78 Å². The van der Waals surface area contributed by atoms with Crippen molar-refractivity contribution in [3.05, 3.63) is 69.8 Å². The van der Waals surface area contributed by atoms with Crippen LogP contribution in [0.4, 0.5) is 0 Å². The van der Waals surface area contributed by atoms with Gasteiger partial charge in [0.05, 0.1) is 0 Å². The number of ketones is 1. The van der Waals surface area contributed by atoms with E-state index in [1.807, 2.05) is 51.2 Å². The van der Waals surface area contributed by atoms with E-state index >= 15 is 0 Å². The second-order valence-electron chi connectivity index (χ2n) is 5.31. The first-order valence-corrected chi connectivity index (χ1v) is 6.89. The molecule has 2 rings (SSSR count). The molecule has 0 aliphatic heterocycles. The summed E-state index contributed by atoms with van der Waals surface area (Å²) in [5.74, 6) is 0.101. The third kappa shape index (κ3) is 2.97. The van der Waals surface area contributed by atoms with E-state index in [2.05, 4.69) is 18.3 Å². The molecule has 0 saturated heterocycles. The molecule has 2 heteroatoms. The van der Waals surface area contributed by atoms with Gasteiger partial charge in [-0.2, -0.15) is 0 Å². The predicted octanol–water partition coefficient (Wildman–Crippen LogP) is 3.56. The summed E-state index contributed by atoms with van der Waals surface area (Å²) in [5.41, 5.74) is 6.10. The Morgan fingerprint density at radius 3 is 2.40 bits per heavy atom. The number of aryl methyl sites for hydroxylation is 3. The van der Waals surface area contributed by atoms with Crippen LogP contribution in [0.1, 0.15) is 38.2 Å². The molecule has 0 radical (unpaired) electrons. The predicted molar refractivity (Wildman–Crippen MR) is 83.3 cm³/mol. The highest BCUT2D eigenvalue weighted by Crippen LogP contribution is 2.19. The van der Waals surface area contributed by atoms with Gasteiger partial charge in [0.2, 0.25) is 0 Å². The van der Waals surface area contributed by atoms with Crippen molar-refractivity contribution < 1.29 is 4.79 Å². The number of rotatable bonds is 4. The topological polar surface area (TPSA) is 29.1 Å². The quantitative estimate of drug-likeness (QED) is 0.858. The molecule has 2 aromatic carbocycles. The summed E-state index contributed by atoms with van der Waals surface area (Å²) in [6, 6.07) is 11.9. The summed E-state index contributed by atoms with van der Waals surface area (Å²) in [4.78, 5) is 12.7. The average Bonchev–Trinajstić information content (AvgIpc) is 2.43. The number of carbonyl (C=O) groups excluding carboxylic acids is 1. The largest absolute Gasteiger partial charge is 0.316 e. The third-order valence-electron chi connectivity index (χ3n) is 3.66. The molecular formula is C18H21NO. The Bertz CT molecular complexity index is 644. The van der Waals surface area contributed by atoms with Crippen molar-refractivity contribution in [2.75, 3.05) is 7.05 Å². The van der Waals surface area contributed by atoms with Gasteiger partial charge in [0.1, 0.15) is 0 Å². The van der Waals surface area contributed by atoms with Crippen molar-refractivity contribution in [2.24, 2.45) is 0 Å². The maximum Gasteiger partial charge on any atom is 0.193 e. The summed E-state index contributed by atoms with van der Waals surface area (Å²) < 4.78 is 0. The average molecular weight is 267 g/mol. The highest BCUT2D eigenvalue weighted by Gasteiger charge is 2.13. The van der Waals surface area contributed by atoms with Crippen molar-refractivity contribution in [3.63, 3.8) is 0 Å². The van der Waals surface area contributed by atoms with Crippen LogP contribution in [0.3, 0.4) is 0 Å². The van der Waals surface area contributed by atoms with Gasteiger partial charge in [-0.1, -0.05) is 24.3 Å². The molecule has 0 saturated carbocycles. The number of hydrogen-bond acceptors (Lipinski definition) is 2. The fourth-order valence-electron chi connectivity index (χ4n) is 2.39. The van der Waals surface area contributed by atoms with Gasteiger partial charge in [0, 0.05) is 17.7 Å². The van der Waals surface area contributed by atoms with Crippen molar-refractivity contribution in [3.8, 4) is 0 Å². The van der Waals surface area contributed by atoms with Crippen molar-refractivity contribution in [1.82, 2.24) is 5.32 Å². The minimum atomic E-state index is 0.101. The van der Waals surface area contributed by atoms with E-state index in [1.54, 1.807) is 0 Å². The zero-order chi connectivity index (χ0) is 14.7. The van der Waals surface area contributed by atoms with Gasteiger partial charge in [-0.25, -0.2) is 0 Å². The fourth-order valence-corrected chi connectivity index (χ4v) is 2.39. The van der Waals surface area contributed by atoms with E-state index in [0.29, 0.717) is 0 Å². The van der Waals surface area contributed by atoms with E-state index in [0.717, 1.165) is 34.4 Å². The zero-order valence-corrected chi connectivity index (χ0v) is 12.6. The minimum absolute atomic E-state index is 0.101. The highest BCUT2D eigenvalue weighted by molar-refractivity contribution is 6.10. The number of nitrogens with one attached hydrogen (secondary N) is 1. The summed E-state index contributed by atoms with van der Waals surface area (Å²) >= 11 is 0. The molecule has 0 bridgehead atoms. The second kappa shape index (κ2) is 6.02. The number of benzene rings is 2. The van der Waals surface area contributed by atoms with Crippen molar-refractivity contribution in [2.45, 2.75) is 27.3 Å². The summed E-state index contributed by atoms with van der Waals surface area (Å²) in [6.07, 6.45) is 0. The first kappa shape index (κ1) is 14.5. The lowest BCUT2D eigenvalue weighted by atomic mass is 9.94. The molecule has 0 aliphatic rings. The van der Waals surface area contributed by atoms with Gasteiger partial charge in [0.15, 0.2) is 5.78 Å². The smallest absolute Gasteiger partial charge is 0.193 e. The normalized spacial score (nSPS) is 10.6. The Morgan fingerprint density at radius 2 is 1.70 bits per heavy atom. The Balaban J connectivity index is 2.41. The second-order valence-corrected chi connectivity index (χ2v) is 5.31. The number of hydrogen-bond donors (Lipinski definition) is 1. The Kier molecular flexibility index (Phi) is 4.35. The van der Waals surface area contributed by atoms with Crippen molar-refractivity contribution in [1.29, 1.82) is 0 Å². The van der Waals surface area contributed by atoms with Crippen LogP contribution in [0, 0.1) is 20.8 Å². The van der Waals surface area contributed by atoms with E-state index in [9.17, 15) is 4.79 Å². The van der Waals surface area contributed by atoms with E-state index in [4.69, 9.17) is 0 Å². The summed E-state index contributed by atoms with van der Waals surface area (Å²) in [5, 5.41) is 3.11. The molecule has 0 unspecified atom stereocenters. The minimum Gasteiger partial charge on any atom is -0.316 e. The standard InChI is InChI=1S/C18H21NO/c1-12-8-14(3)17(9-13(12)2)18(20)16-7-5-6-15(10-16)11-19-4/h5-10,19H,11H2,1-4H3. The molecule has 1 N–H and O–H groups in total. The van der Waals surface area contributed by atoms with E-state index in [-0.39, 0.29) is 5.78 Å². The van der Waals surface area contributed by atoms with E-state index < -0.39 is 0 Å².